The second kappa shape index (κ2) is 4.42. The normalized spacial score (nSPS) is 11.2. The van der Waals surface area contributed by atoms with Crippen LogP contribution in [0.3, 0.4) is 0 Å². The summed E-state index contributed by atoms with van der Waals surface area (Å²) >= 11 is 0. The maximum Gasteiger partial charge on any atom is 0.416 e. The van der Waals surface area contributed by atoms with E-state index in [-0.39, 0.29) is 23.7 Å². The molecule has 0 aliphatic carbocycles. The highest BCUT2D eigenvalue weighted by Crippen LogP contribution is 2.32. The van der Waals surface area contributed by atoms with Crippen molar-refractivity contribution < 1.29 is 18.0 Å². The third-order valence-corrected chi connectivity index (χ3v) is 1.98. The van der Waals surface area contributed by atoms with Crippen molar-refractivity contribution in [2.45, 2.75) is 19.5 Å². The van der Waals surface area contributed by atoms with E-state index in [1.165, 1.54) is 0 Å². The number of amides is 1. The van der Waals surface area contributed by atoms with Crippen LogP contribution in [0.4, 0.5) is 24.5 Å². The molecule has 0 unspecified atom stereocenters. The van der Waals surface area contributed by atoms with Gasteiger partial charge in [0.1, 0.15) is 0 Å². The first-order valence-corrected chi connectivity index (χ1v) is 4.61. The molecule has 0 spiro atoms. The predicted octanol–water partition coefficient (Wildman–Crippen LogP) is 2.64. The predicted molar refractivity (Wildman–Crippen MR) is 54.8 cm³/mol. The number of nitrogens with two attached hydrogens (primary N) is 1. The van der Waals surface area contributed by atoms with Crippen LogP contribution in [-0.4, -0.2) is 5.91 Å². The van der Waals surface area contributed by atoms with Gasteiger partial charge in [-0.1, -0.05) is 6.92 Å². The van der Waals surface area contributed by atoms with Crippen molar-refractivity contribution in [3.63, 3.8) is 0 Å². The topological polar surface area (TPSA) is 55.1 Å². The lowest BCUT2D eigenvalue weighted by atomic mass is 10.1. The number of carbonyl (C=O) groups excluding carboxylic acids is 1. The third kappa shape index (κ3) is 2.88. The number of hydrogen-bond acceptors (Lipinski definition) is 2. The Balaban J connectivity index is 3.04. The van der Waals surface area contributed by atoms with Gasteiger partial charge in [-0.3, -0.25) is 4.79 Å². The van der Waals surface area contributed by atoms with Crippen LogP contribution in [0.2, 0.25) is 0 Å². The Morgan fingerprint density at radius 1 is 1.44 bits per heavy atom. The highest BCUT2D eigenvalue weighted by atomic mass is 19.4. The minimum absolute atomic E-state index is 0.0123. The van der Waals surface area contributed by atoms with E-state index < -0.39 is 11.7 Å². The smallest absolute Gasteiger partial charge is 0.397 e. The van der Waals surface area contributed by atoms with Gasteiger partial charge >= 0.3 is 6.18 Å². The first kappa shape index (κ1) is 12.4. The molecule has 88 valence electrons. The van der Waals surface area contributed by atoms with E-state index >= 15 is 0 Å². The average Bonchev–Trinajstić information content (AvgIpc) is 2.19. The minimum Gasteiger partial charge on any atom is -0.397 e. The Hall–Kier alpha value is -1.72. The van der Waals surface area contributed by atoms with E-state index in [0.717, 1.165) is 18.2 Å². The van der Waals surface area contributed by atoms with Crippen LogP contribution < -0.4 is 11.1 Å². The maximum absolute atomic E-state index is 12.4. The summed E-state index contributed by atoms with van der Waals surface area (Å²) in [6.07, 6.45) is -4.27. The van der Waals surface area contributed by atoms with Crippen molar-refractivity contribution in [3.05, 3.63) is 23.8 Å². The van der Waals surface area contributed by atoms with Gasteiger partial charge in [0.05, 0.1) is 16.9 Å². The summed E-state index contributed by atoms with van der Waals surface area (Å²) in [5.74, 6) is -0.383. The van der Waals surface area contributed by atoms with E-state index in [4.69, 9.17) is 5.73 Å². The van der Waals surface area contributed by atoms with Crippen molar-refractivity contribution in [2.75, 3.05) is 11.1 Å². The molecule has 0 fully saturated rings. The van der Waals surface area contributed by atoms with E-state index in [1.54, 1.807) is 6.92 Å². The molecule has 0 radical (unpaired) electrons. The van der Waals surface area contributed by atoms with Crippen LogP contribution in [-0.2, 0) is 11.0 Å². The molecule has 1 aromatic rings. The maximum atomic E-state index is 12.4. The fourth-order valence-corrected chi connectivity index (χ4v) is 1.08. The second-order valence-electron chi connectivity index (χ2n) is 3.20. The number of nitrogen functional groups attached to an aromatic ring is 1. The zero-order valence-corrected chi connectivity index (χ0v) is 8.56. The van der Waals surface area contributed by atoms with Gasteiger partial charge < -0.3 is 11.1 Å². The molecule has 1 amide bonds. The fourth-order valence-electron chi connectivity index (χ4n) is 1.08. The molecule has 1 rings (SSSR count). The Morgan fingerprint density at radius 3 is 2.56 bits per heavy atom. The number of carbonyl (C=O) groups is 1. The standard InChI is InChI=1S/C10H11F3N2O/c1-2-9(16)15-8-5-6(10(11,12)13)3-4-7(8)14/h3-5H,2,14H2,1H3,(H,15,16). The summed E-state index contributed by atoms with van der Waals surface area (Å²) in [4.78, 5) is 11.0. The lowest BCUT2D eigenvalue weighted by Crippen LogP contribution is -2.13. The molecule has 0 aliphatic rings. The van der Waals surface area contributed by atoms with Crippen molar-refractivity contribution >= 4 is 17.3 Å². The summed E-state index contributed by atoms with van der Waals surface area (Å²) < 4.78 is 37.1. The van der Waals surface area contributed by atoms with Crippen LogP contribution in [0, 0.1) is 0 Å². The van der Waals surface area contributed by atoms with Crippen LogP contribution in [0.15, 0.2) is 18.2 Å². The number of halogens is 3. The van der Waals surface area contributed by atoms with Gasteiger partial charge in [-0.15, -0.1) is 0 Å². The van der Waals surface area contributed by atoms with Gasteiger partial charge in [0.2, 0.25) is 5.91 Å². The molecule has 0 atom stereocenters. The van der Waals surface area contributed by atoms with E-state index in [2.05, 4.69) is 5.32 Å². The van der Waals surface area contributed by atoms with Gasteiger partial charge in [-0.05, 0) is 18.2 Å². The van der Waals surface area contributed by atoms with Crippen LogP contribution in [0.1, 0.15) is 18.9 Å². The molecule has 0 heterocycles. The number of hydrogen-bond donors (Lipinski definition) is 2. The molecule has 16 heavy (non-hydrogen) atoms. The number of benzene rings is 1. The second-order valence-corrected chi connectivity index (χ2v) is 3.20. The lowest BCUT2D eigenvalue weighted by molar-refractivity contribution is -0.137. The van der Waals surface area contributed by atoms with E-state index in [0.29, 0.717) is 0 Å². The van der Waals surface area contributed by atoms with Crippen LogP contribution in [0.25, 0.3) is 0 Å². The summed E-state index contributed by atoms with van der Waals surface area (Å²) in [5.41, 5.74) is 4.71. The Labute approximate surface area is 90.4 Å². The third-order valence-electron chi connectivity index (χ3n) is 1.98. The Morgan fingerprint density at radius 2 is 2.06 bits per heavy atom. The van der Waals surface area contributed by atoms with Crippen molar-refractivity contribution in [3.8, 4) is 0 Å². The summed E-state index contributed by atoms with van der Waals surface area (Å²) in [5, 5.41) is 2.31. The minimum atomic E-state index is -4.45. The number of nitrogens with one attached hydrogen (secondary N) is 1. The zero-order chi connectivity index (χ0) is 12.3. The Kier molecular flexibility index (Phi) is 3.41. The van der Waals surface area contributed by atoms with Gasteiger partial charge in [-0.2, -0.15) is 13.2 Å². The molecular weight excluding hydrogens is 221 g/mol. The van der Waals surface area contributed by atoms with Crippen LogP contribution >= 0.6 is 0 Å². The quantitative estimate of drug-likeness (QED) is 0.770. The SMILES string of the molecule is CCC(=O)Nc1cc(C(F)(F)F)ccc1N. The van der Waals surface area contributed by atoms with E-state index in [1.807, 2.05) is 0 Å². The molecule has 0 aromatic heterocycles. The largest absolute Gasteiger partial charge is 0.416 e. The number of anilines is 2. The first-order chi connectivity index (χ1) is 7.34. The Bertz CT molecular complexity index is 402. The van der Waals surface area contributed by atoms with Crippen molar-refractivity contribution in [1.82, 2.24) is 0 Å². The molecule has 0 aliphatic heterocycles. The molecule has 0 saturated heterocycles. The molecule has 3 nitrogen and oxygen atoms in total. The van der Waals surface area contributed by atoms with Gasteiger partial charge in [0.15, 0.2) is 0 Å². The molecule has 0 saturated carbocycles. The number of alkyl halides is 3. The molecule has 1 aromatic carbocycles. The van der Waals surface area contributed by atoms with Crippen molar-refractivity contribution in [2.24, 2.45) is 0 Å². The van der Waals surface area contributed by atoms with Crippen molar-refractivity contribution in [1.29, 1.82) is 0 Å². The summed E-state index contributed by atoms with van der Waals surface area (Å²) in [6.45, 7) is 1.60. The van der Waals surface area contributed by atoms with Gasteiger partial charge in [0, 0.05) is 6.42 Å². The fraction of sp³-hybridized carbons (Fsp3) is 0.300. The molecule has 3 N–H and O–H groups in total. The van der Waals surface area contributed by atoms with E-state index in [9.17, 15) is 18.0 Å². The highest BCUT2D eigenvalue weighted by Gasteiger charge is 2.30. The summed E-state index contributed by atoms with van der Waals surface area (Å²) in [6, 6.07) is 2.81. The monoisotopic (exact) mass is 232 g/mol. The average molecular weight is 232 g/mol. The van der Waals surface area contributed by atoms with Crippen LogP contribution in [0.5, 0.6) is 0 Å². The zero-order valence-electron chi connectivity index (χ0n) is 8.56. The lowest BCUT2D eigenvalue weighted by Gasteiger charge is -2.11. The first-order valence-electron chi connectivity index (χ1n) is 4.61. The molecule has 0 bridgehead atoms. The molecular formula is C10H11F3N2O. The summed E-state index contributed by atoms with van der Waals surface area (Å²) in [7, 11) is 0. The number of rotatable bonds is 2. The van der Waals surface area contributed by atoms with Gasteiger partial charge in [0.25, 0.3) is 0 Å². The molecule has 6 heteroatoms. The highest BCUT2D eigenvalue weighted by molar-refractivity contribution is 5.93. The van der Waals surface area contributed by atoms with Gasteiger partial charge in [-0.25, -0.2) is 0 Å².